The molecule has 0 aliphatic heterocycles. The predicted molar refractivity (Wildman–Crippen MR) is 53.7 cm³/mol. The van der Waals surface area contributed by atoms with Gasteiger partial charge in [-0.2, -0.15) is 5.10 Å². The van der Waals surface area contributed by atoms with Gasteiger partial charge in [0.05, 0.1) is 6.21 Å². The maximum atomic E-state index is 9.85. The van der Waals surface area contributed by atoms with E-state index in [1.807, 2.05) is 17.5 Å². The van der Waals surface area contributed by atoms with Crippen molar-refractivity contribution < 1.29 is 5.03 Å². The molecule has 0 saturated heterocycles. The van der Waals surface area contributed by atoms with Crippen molar-refractivity contribution in [1.29, 1.82) is 0 Å². The van der Waals surface area contributed by atoms with E-state index in [-0.39, 0.29) is 5.96 Å². The fourth-order valence-corrected chi connectivity index (χ4v) is 1.22. The lowest BCUT2D eigenvalue weighted by Gasteiger charge is -1.91. The Labute approximate surface area is 83.1 Å². The molecule has 3 N–H and O–H groups in total. The van der Waals surface area contributed by atoms with Crippen LogP contribution in [0.4, 0.5) is 0 Å². The first-order valence-corrected chi connectivity index (χ1v) is 4.37. The zero-order valence-electron chi connectivity index (χ0n) is 6.95. The summed E-state index contributed by atoms with van der Waals surface area (Å²) in [4.78, 5) is 10.8. The van der Waals surface area contributed by atoms with Crippen molar-refractivity contribution in [2.75, 3.05) is 0 Å². The van der Waals surface area contributed by atoms with Crippen molar-refractivity contribution >= 4 is 23.5 Å². The van der Waals surface area contributed by atoms with Gasteiger partial charge in [0.25, 0.3) is 5.96 Å². The van der Waals surface area contributed by atoms with E-state index >= 15 is 0 Å². The van der Waals surface area contributed by atoms with Crippen LogP contribution in [0.1, 0.15) is 4.88 Å². The summed E-state index contributed by atoms with van der Waals surface area (Å²) in [6.07, 6.45) is 1.49. The van der Waals surface area contributed by atoms with Crippen molar-refractivity contribution in [3.8, 4) is 0 Å². The van der Waals surface area contributed by atoms with Crippen LogP contribution in [0.2, 0.25) is 0 Å². The summed E-state index contributed by atoms with van der Waals surface area (Å²) in [7, 11) is 0. The van der Waals surface area contributed by atoms with Crippen molar-refractivity contribution in [3.05, 3.63) is 32.5 Å². The minimum Gasteiger partial charge on any atom is -0.363 e. The molecular formula is C6H7N5O2S. The van der Waals surface area contributed by atoms with Gasteiger partial charge in [-0.1, -0.05) is 6.07 Å². The van der Waals surface area contributed by atoms with Crippen molar-refractivity contribution in [3.63, 3.8) is 0 Å². The highest BCUT2D eigenvalue weighted by atomic mass is 32.1. The van der Waals surface area contributed by atoms with Crippen LogP contribution in [0.5, 0.6) is 0 Å². The van der Waals surface area contributed by atoms with Gasteiger partial charge in [0.2, 0.25) is 0 Å². The Kier molecular flexibility index (Phi) is 3.56. The van der Waals surface area contributed by atoms with Crippen LogP contribution >= 0.6 is 11.3 Å². The topological polar surface area (TPSA) is 106 Å². The summed E-state index contributed by atoms with van der Waals surface area (Å²) < 4.78 is 0. The normalized spacial score (nSPS) is 11.9. The zero-order valence-corrected chi connectivity index (χ0v) is 7.77. The van der Waals surface area contributed by atoms with Gasteiger partial charge in [-0.15, -0.1) is 11.3 Å². The Balaban J connectivity index is 2.44. The van der Waals surface area contributed by atoms with Crippen LogP contribution in [0, 0.1) is 10.1 Å². The average Bonchev–Trinajstić information content (AvgIpc) is 2.55. The third kappa shape index (κ3) is 3.63. The second-order valence-electron chi connectivity index (χ2n) is 2.11. The molecule has 7 nitrogen and oxygen atoms in total. The van der Waals surface area contributed by atoms with E-state index < -0.39 is 5.03 Å². The number of nitrogens with one attached hydrogen (secondary N) is 1. The SMILES string of the molecule is NC(=N[N+](=O)[O-])NN=Cc1cccs1. The zero-order chi connectivity index (χ0) is 10.4. The number of rotatable bonds is 3. The molecule has 0 amide bonds. The van der Waals surface area contributed by atoms with Gasteiger partial charge in [-0.25, -0.2) is 15.5 Å². The molecule has 0 unspecified atom stereocenters. The highest BCUT2D eigenvalue weighted by Gasteiger charge is 1.95. The van der Waals surface area contributed by atoms with Gasteiger partial charge in [-0.3, -0.25) is 0 Å². The van der Waals surface area contributed by atoms with Crippen LogP contribution in [0.3, 0.4) is 0 Å². The van der Waals surface area contributed by atoms with Gasteiger partial charge < -0.3 is 5.73 Å². The molecule has 1 rings (SSSR count). The fourth-order valence-electron chi connectivity index (χ4n) is 0.637. The summed E-state index contributed by atoms with van der Waals surface area (Å²) in [5.41, 5.74) is 7.32. The van der Waals surface area contributed by atoms with Crippen LogP contribution in [-0.4, -0.2) is 17.2 Å². The van der Waals surface area contributed by atoms with E-state index in [4.69, 9.17) is 5.73 Å². The molecule has 0 fully saturated rings. The predicted octanol–water partition coefficient (Wildman–Crippen LogP) is 0.178. The third-order valence-electron chi connectivity index (χ3n) is 1.10. The second-order valence-corrected chi connectivity index (χ2v) is 3.09. The Morgan fingerprint density at radius 2 is 2.57 bits per heavy atom. The van der Waals surface area contributed by atoms with Gasteiger partial charge in [0.15, 0.2) is 5.03 Å². The monoisotopic (exact) mass is 213 g/mol. The lowest BCUT2D eigenvalue weighted by Crippen LogP contribution is -2.28. The molecule has 0 spiro atoms. The number of nitrogens with zero attached hydrogens (tertiary/aromatic N) is 3. The molecule has 0 atom stereocenters. The number of hydrogen-bond acceptors (Lipinski definition) is 4. The summed E-state index contributed by atoms with van der Waals surface area (Å²) >= 11 is 1.48. The smallest absolute Gasteiger partial charge is 0.286 e. The molecule has 0 aliphatic rings. The molecule has 0 radical (unpaired) electrons. The summed E-state index contributed by atoms with van der Waals surface area (Å²) in [6.45, 7) is 0. The van der Waals surface area contributed by atoms with E-state index in [1.165, 1.54) is 17.6 Å². The number of hydrogen-bond donors (Lipinski definition) is 2. The molecule has 0 aliphatic carbocycles. The van der Waals surface area contributed by atoms with Crippen LogP contribution in [0.25, 0.3) is 0 Å². The molecule has 1 aromatic rings. The Morgan fingerprint density at radius 3 is 3.14 bits per heavy atom. The highest BCUT2D eigenvalue weighted by Crippen LogP contribution is 2.03. The van der Waals surface area contributed by atoms with Crippen LogP contribution in [-0.2, 0) is 0 Å². The first-order valence-electron chi connectivity index (χ1n) is 3.49. The average molecular weight is 213 g/mol. The quantitative estimate of drug-likeness (QED) is 0.323. The summed E-state index contributed by atoms with van der Waals surface area (Å²) in [5.74, 6) is -0.359. The molecule has 0 bridgehead atoms. The molecule has 0 saturated carbocycles. The fraction of sp³-hybridized carbons (Fsp3) is 0. The maximum Gasteiger partial charge on any atom is 0.286 e. The minimum absolute atomic E-state index is 0.359. The molecule has 14 heavy (non-hydrogen) atoms. The van der Waals surface area contributed by atoms with Gasteiger partial charge in [0.1, 0.15) is 5.10 Å². The maximum absolute atomic E-state index is 9.85. The van der Waals surface area contributed by atoms with Gasteiger partial charge in [0, 0.05) is 4.88 Å². The third-order valence-corrected chi connectivity index (χ3v) is 1.91. The Hall–Kier alpha value is -1.96. The molecule has 0 aromatic carbocycles. The number of thiophene rings is 1. The molecule has 74 valence electrons. The van der Waals surface area contributed by atoms with Gasteiger partial charge in [-0.05, 0) is 11.4 Å². The van der Waals surface area contributed by atoms with E-state index in [1.54, 1.807) is 0 Å². The van der Waals surface area contributed by atoms with Crippen LogP contribution < -0.4 is 11.2 Å². The summed E-state index contributed by atoms with van der Waals surface area (Å²) in [5, 5.41) is 17.3. The number of nitro groups is 1. The first-order chi connectivity index (χ1) is 6.68. The number of hydrazone groups is 2. The number of nitrogens with two attached hydrogens (primary N) is 1. The number of guanidine groups is 1. The standard InChI is InChI=1S/C6H7N5O2S/c7-6(10-11(12)13)9-8-4-5-2-1-3-14-5/h1-4H,(H3,7,9,10). The van der Waals surface area contributed by atoms with Crippen LogP contribution in [0.15, 0.2) is 27.7 Å². The highest BCUT2D eigenvalue weighted by molar-refractivity contribution is 7.11. The van der Waals surface area contributed by atoms with Crippen molar-refractivity contribution in [1.82, 2.24) is 5.43 Å². The van der Waals surface area contributed by atoms with E-state index in [2.05, 4.69) is 15.6 Å². The van der Waals surface area contributed by atoms with Gasteiger partial charge >= 0.3 is 0 Å². The second kappa shape index (κ2) is 4.92. The minimum atomic E-state index is -0.900. The lowest BCUT2D eigenvalue weighted by atomic mass is 10.5. The Bertz CT molecular complexity index is 358. The molecule has 1 heterocycles. The largest absolute Gasteiger partial charge is 0.363 e. The summed E-state index contributed by atoms with van der Waals surface area (Å²) in [6, 6.07) is 3.71. The van der Waals surface area contributed by atoms with Crippen molar-refractivity contribution in [2.45, 2.75) is 0 Å². The van der Waals surface area contributed by atoms with E-state index in [0.29, 0.717) is 0 Å². The Morgan fingerprint density at radius 1 is 1.79 bits per heavy atom. The van der Waals surface area contributed by atoms with E-state index in [0.717, 1.165) is 4.88 Å². The van der Waals surface area contributed by atoms with E-state index in [9.17, 15) is 10.1 Å². The molecule has 8 heteroatoms. The molecule has 1 aromatic heterocycles. The molecular weight excluding hydrogens is 206 g/mol. The van der Waals surface area contributed by atoms with Crippen molar-refractivity contribution in [2.24, 2.45) is 15.9 Å². The first kappa shape index (κ1) is 10.1. The lowest BCUT2D eigenvalue weighted by molar-refractivity contribution is -0.485.